The first kappa shape index (κ1) is 27.9. The van der Waals surface area contributed by atoms with Crippen molar-refractivity contribution >= 4 is 16.3 Å². The number of hydrogen-bond donors (Lipinski definition) is 0. The maximum Gasteiger partial charge on any atom is 0.317 e. The summed E-state index contributed by atoms with van der Waals surface area (Å²) >= 11 is 0. The van der Waals surface area contributed by atoms with Crippen molar-refractivity contribution in [3.8, 4) is 34.5 Å². The molecule has 3 aromatic carbocycles. The summed E-state index contributed by atoms with van der Waals surface area (Å²) in [5, 5.41) is 0. The van der Waals surface area contributed by atoms with E-state index in [2.05, 4.69) is 0 Å². The SMILES string of the molecule is CCCC(=O)OS(c1ccccc1)(c1c(OC)cc(OC)cc1OC)c1c(OC)cc(OC)cc1OC. The fourth-order valence-corrected chi connectivity index (χ4v) is 7.52. The van der Waals surface area contributed by atoms with Crippen LogP contribution in [0.2, 0.25) is 0 Å². The molecule has 0 heterocycles. The van der Waals surface area contributed by atoms with Crippen LogP contribution in [0.4, 0.5) is 0 Å². The number of hydrogen-bond acceptors (Lipinski definition) is 8. The second-order valence-electron chi connectivity index (χ2n) is 7.80. The quantitative estimate of drug-likeness (QED) is 0.271. The summed E-state index contributed by atoms with van der Waals surface area (Å²) in [4.78, 5) is 15.2. The van der Waals surface area contributed by atoms with Gasteiger partial charge in [-0.15, -0.1) is 0 Å². The Kier molecular flexibility index (Phi) is 9.41. The molecule has 0 aliphatic carbocycles. The van der Waals surface area contributed by atoms with Crippen LogP contribution in [-0.2, 0) is 8.98 Å². The zero-order valence-corrected chi connectivity index (χ0v) is 23.1. The minimum absolute atomic E-state index is 0.211. The summed E-state index contributed by atoms with van der Waals surface area (Å²) in [7, 11) is 6.36. The van der Waals surface area contributed by atoms with Gasteiger partial charge in [0.1, 0.15) is 44.3 Å². The van der Waals surface area contributed by atoms with Crippen LogP contribution in [-0.4, -0.2) is 48.6 Å². The second-order valence-corrected chi connectivity index (χ2v) is 10.4. The Hall–Kier alpha value is -3.72. The third-order valence-corrected chi connectivity index (χ3v) is 8.99. The van der Waals surface area contributed by atoms with E-state index in [-0.39, 0.29) is 12.4 Å². The third-order valence-electron chi connectivity index (χ3n) is 5.66. The van der Waals surface area contributed by atoms with Crippen LogP contribution in [0.5, 0.6) is 34.5 Å². The average molecular weight is 531 g/mol. The van der Waals surface area contributed by atoms with Gasteiger partial charge in [-0.3, -0.25) is 4.79 Å². The zero-order chi connectivity index (χ0) is 27.0. The average Bonchev–Trinajstić information content (AvgIpc) is 2.95. The maximum absolute atomic E-state index is 13.4. The largest absolute Gasteiger partial charge is 0.496 e. The lowest BCUT2D eigenvalue weighted by Crippen LogP contribution is -2.17. The summed E-state index contributed by atoms with van der Waals surface area (Å²) in [6, 6.07) is 16.4. The first-order valence-electron chi connectivity index (χ1n) is 11.6. The van der Waals surface area contributed by atoms with Crippen molar-refractivity contribution in [1.29, 1.82) is 0 Å². The highest BCUT2D eigenvalue weighted by Crippen LogP contribution is 2.77. The number of carbonyl (C=O) groups excluding carboxylic acids is 1. The van der Waals surface area contributed by atoms with Gasteiger partial charge in [0.2, 0.25) is 0 Å². The molecule has 3 rings (SSSR count). The lowest BCUT2D eigenvalue weighted by molar-refractivity contribution is -0.133. The van der Waals surface area contributed by atoms with Crippen molar-refractivity contribution in [3.05, 3.63) is 54.6 Å². The Labute approximate surface area is 219 Å². The summed E-state index contributed by atoms with van der Waals surface area (Å²) in [5.74, 6) is 2.32. The van der Waals surface area contributed by atoms with Crippen LogP contribution >= 0.6 is 10.3 Å². The lowest BCUT2D eigenvalue weighted by atomic mass is 10.3. The Morgan fingerprint density at radius 1 is 0.649 bits per heavy atom. The molecule has 0 unspecified atom stereocenters. The van der Waals surface area contributed by atoms with Crippen molar-refractivity contribution < 1.29 is 37.4 Å². The van der Waals surface area contributed by atoms with Gasteiger partial charge in [-0.1, -0.05) is 25.1 Å². The first-order valence-corrected chi connectivity index (χ1v) is 13.2. The van der Waals surface area contributed by atoms with Crippen molar-refractivity contribution in [3.63, 3.8) is 0 Å². The molecule has 0 N–H and O–H groups in total. The minimum atomic E-state index is -2.94. The standard InChI is InChI=1S/C28H34O8S/c1-8-12-26(29)36-37(21-13-10-9-11-14-21,27-22(32-4)15-19(30-2)16-23(27)33-5)28-24(34-6)17-20(31-3)18-25(28)35-7/h9-11,13-18H,8,12H2,1-7H3. The molecule has 0 radical (unpaired) electrons. The third kappa shape index (κ3) is 5.36. The Bertz CT molecular complexity index is 1100. The van der Waals surface area contributed by atoms with Gasteiger partial charge in [-0.2, -0.15) is 0 Å². The number of carbonyl (C=O) groups is 1. The fraction of sp³-hybridized carbons (Fsp3) is 0.321. The Morgan fingerprint density at radius 2 is 1.05 bits per heavy atom. The van der Waals surface area contributed by atoms with Gasteiger partial charge in [0.05, 0.1) is 42.7 Å². The van der Waals surface area contributed by atoms with E-state index in [0.717, 1.165) is 0 Å². The van der Waals surface area contributed by atoms with E-state index in [9.17, 15) is 4.79 Å². The van der Waals surface area contributed by atoms with Crippen LogP contribution in [0.15, 0.2) is 69.3 Å². The second kappa shape index (κ2) is 12.5. The van der Waals surface area contributed by atoms with E-state index < -0.39 is 10.3 Å². The molecule has 37 heavy (non-hydrogen) atoms. The van der Waals surface area contributed by atoms with Gasteiger partial charge in [0.25, 0.3) is 0 Å². The van der Waals surface area contributed by atoms with E-state index >= 15 is 0 Å². The van der Waals surface area contributed by atoms with E-state index in [1.54, 1.807) is 66.9 Å². The number of methoxy groups -OCH3 is 6. The van der Waals surface area contributed by atoms with Crippen LogP contribution in [0, 0.1) is 0 Å². The smallest absolute Gasteiger partial charge is 0.317 e. The van der Waals surface area contributed by atoms with Crippen molar-refractivity contribution in [2.45, 2.75) is 34.5 Å². The zero-order valence-electron chi connectivity index (χ0n) is 22.3. The summed E-state index contributed by atoms with van der Waals surface area (Å²) in [6.45, 7) is 1.92. The van der Waals surface area contributed by atoms with Gasteiger partial charge in [0, 0.05) is 45.9 Å². The molecule has 0 spiro atoms. The van der Waals surface area contributed by atoms with E-state index in [1.165, 1.54) is 0 Å². The molecule has 9 heteroatoms. The molecule has 0 bridgehead atoms. The summed E-state index contributed by atoms with van der Waals surface area (Å²) in [5.41, 5.74) is 0. The number of rotatable bonds is 12. The van der Waals surface area contributed by atoms with Crippen molar-refractivity contribution in [2.75, 3.05) is 42.7 Å². The van der Waals surface area contributed by atoms with Crippen molar-refractivity contribution in [2.24, 2.45) is 0 Å². The van der Waals surface area contributed by atoms with Gasteiger partial charge in [-0.05, 0) is 18.6 Å². The highest BCUT2D eigenvalue weighted by Gasteiger charge is 2.45. The predicted octanol–water partition coefficient (Wildman–Crippen LogP) is 6.28. The maximum atomic E-state index is 13.4. The lowest BCUT2D eigenvalue weighted by Gasteiger charge is -2.42. The molecular formula is C28H34O8S. The molecule has 0 amide bonds. The Morgan fingerprint density at radius 3 is 1.38 bits per heavy atom. The van der Waals surface area contributed by atoms with Gasteiger partial charge in [0.15, 0.2) is 0 Å². The highest BCUT2D eigenvalue weighted by molar-refractivity contribution is 8.30. The molecule has 8 nitrogen and oxygen atoms in total. The van der Waals surface area contributed by atoms with Gasteiger partial charge in [-0.25, -0.2) is 0 Å². The molecule has 3 aromatic rings. The predicted molar refractivity (Wildman–Crippen MR) is 142 cm³/mol. The number of ether oxygens (including phenoxy) is 6. The summed E-state index contributed by atoms with van der Waals surface area (Å²) < 4.78 is 41.1. The molecule has 0 aliphatic rings. The molecule has 0 aliphatic heterocycles. The molecule has 200 valence electrons. The van der Waals surface area contributed by atoms with E-state index in [0.29, 0.717) is 55.6 Å². The monoisotopic (exact) mass is 530 g/mol. The molecule has 0 fully saturated rings. The molecule has 0 atom stereocenters. The van der Waals surface area contributed by atoms with Crippen LogP contribution in [0.25, 0.3) is 0 Å². The fourth-order valence-electron chi connectivity index (χ4n) is 3.98. The number of benzene rings is 3. The highest BCUT2D eigenvalue weighted by atomic mass is 32.3. The van der Waals surface area contributed by atoms with Crippen molar-refractivity contribution in [1.82, 2.24) is 0 Å². The van der Waals surface area contributed by atoms with Crippen LogP contribution < -0.4 is 28.4 Å². The van der Waals surface area contributed by atoms with Crippen LogP contribution in [0.1, 0.15) is 19.8 Å². The topological polar surface area (TPSA) is 81.7 Å². The van der Waals surface area contributed by atoms with Gasteiger partial charge < -0.3 is 32.6 Å². The first-order chi connectivity index (χ1) is 17.9. The Balaban J connectivity index is 2.63. The van der Waals surface area contributed by atoms with Crippen LogP contribution in [0.3, 0.4) is 0 Å². The van der Waals surface area contributed by atoms with E-state index in [1.807, 2.05) is 37.3 Å². The molecule has 0 aromatic heterocycles. The summed E-state index contributed by atoms with van der Waals surface area (Å²) in [6.07, 6.45) is 0.820. The molecular weight excluding hydrogens is 496 g/mol. The van der Waals surface area contributed by atoms with Gasteiger partial charge >= 0.3 is 5.97 Å². The van der Waals surface area contributed by atoms with E-state index in [4.69, 9.17) is 32.6 Å². The molecule has 0 saturated heterocycles. The molecule has 0 saturated carbocycles. The normalized spacial score (nSPS) is 11.3. The minimum Gasteiger partial charge on any atom is -0.496 e.